The van der Waals surface area contributed by atoms with Gasteiger partial charge in [0.2, 0.25) is 0 Å². The highest BCUT2D eigenvalue weighted by Crippen LogP contribution is 2.13. The Bertz CT molecular complexity index is 323. The van der Waals surface area contributed by atoms with E-state index in [0.29, 0.717) is 0 Å². The fourth-order valence-corrected chi connectivity index (χ4v) is 4.15. The molecular weight excluding hydrogens is 376 g/mol. The van der Waals surface area contributed by atoms with Crippen LogP contribution in [0.15, 0.2) is 24.7 Å². The third kappa shape index (κ3) is 29.3. The van der Waals surface area contributed by atoms with Crippen molar-refractivity contribution in [2.45, 2.75) is 168 Å². The van der Waals surface area contributed by atoms with Gasteiger partial charge in [0.15, 0.2) is 0 Å². The lowest BCUT2D eigenvalue weighted by atomic mass is 10.1. The molecule has 31 heavy (non-hydrogen) atoms. The molecule has 0 unspecified atom stereocenters. The number of hydrogen-bond acceptors (Lipinski definition) is 1. The summed E-state index contributed by atoms with van der Waals surface area (Å²) in [7, 11) is 0. The molecule has 1 heteroatoms. The Morgan fingerprint density at radius 1 is 0.355 bits per heavy atom. The van der Waals surface area contributed by atoms with Crippen molar-refractivity contribution in [3.05, 3.63) is 24.7 Å². The summed E-state index contributed by atoms with van der Waals surface area (Å²) in [5, 5.41) is 0. The Morgan fingerprint density at radius 2 is 0.613 bits per heavy atom. The molecule has 1 nitrogen and oxygen atoms in total. The van der Waals surface area contributed by atoms with Crippen LogP contribution in [0, 0.1) is 0 Å². The van der Waals surface area contributed by atoms with Gasteiger partial charge in [-0.15, -0.1) is 0 Å². The van der Waals surface area contributed by atoms with Crippen LogP contribution in [0.25, 0.3) is 0 Å². The fourth-order valence-electron chi connectivity index (χ4n) is 4.15. The van der Waals surface area contributed by atoms with Crippen LogP contribution in [0.1, 0.15) is 168 Å². The highest BCUT2D eigenvalue weighted by Gasteiger charge is 1.93. The van der Waals surface area contributed by atoms with E-state index in [-0.39, 0.29) is 0 Å². The summed E-state index contributed by atoms with van der Waals surface area (Å²) in [5.41, 5.74) is 0. The molecule has 0 fully saturated rings. The summed E-state index contributed by atoms with van der Waals surface area (Å²) in [4.78, 5) is 0. The number of ether oxygens (including phenoxy) is 1. The van der Waals surface area contributed by atoms with Crippen LogP contribution < -0.4 is 0 Å². The van der Waals surface area contributed by atoms with Gasteiger partial charge >= 0.3 is 0 Å². The Labute approximate surface area is 197 Å². The molecule has 0 saturated heterocycles. The molecule has 0 saturated carbocycles. The van der Waals surface area contributed by atoms with Crippen LogP contribution in [0.3, 0.4) is 0 Å². The van der Waals surface area contributed by atoms with E-state index in [0.717, 1.165) is 12.8 Å². The van der Waals surface area contributed by atoms with Crippen LogP contribution in [0.4, 0.5) is 0 Å². The van der Waals surface area contributed by atoms with Crippen molar-refractivity contribution in [1.82, 2.24) is 0 Å². The predicted octanol–water partition coefficient (Wildman–Crippen LogP) is 11.4. The Kier molecular flexibility index (Phi) is 28.6. The first-order chi connectivity index (χ1) is 15.4. The molecular formula is C30H58O. The largest absolute Gasteiger partial charge is 0.473 e. The Hall–Kier alpha value is -0.720. The Morgan fingerprint density at radius 3 is 0.903 bits per heavy atom. The molecule has 0 aliphatic carbocycles. The standard InChI is InChI=1S/C30H58O/c1-3-5-7-9-11-13-15-17-19-21-23-25-27-29-31-30-28-26-24-22-20-18-16-14-12-10-8-6-4-2/h27-30H,3-26H2,1-2H3. The lowest BCUT2D eigenvalue weighted by Gasteiger charge is -2.02. The third-order valence-corrected chi connectivity index (χ3v) is 6.30. The molecule has 0 aromatic rings. The Balaban J connectivity index is 3.14. The molecule has 0 N–H and O–H groups in total. The van der Waals surface area contributed by atoms with Gasteiger partial charge in [-0.25, -0.2) is 0 Å². The zero-order valence-electron chi connectivity index (χ0n) is 21.7. The second-order valence-corrected chi connectivity index (χ2v) is 9.53. The minimum atomic E-state index is 1.16. The van der Waals surface area contributed by atoms with Crippen LogP contribution in [-0.2, 0) is 4.74 Å². The van der Waals surface area contributed by atoms with Crippen molar-refractivity contribution in [2.75, 3.05) is 0 Å². The highest BCUT2D eigenvalue weighted by molar-refractivity contribution is 4.79. The van der Waals surface area contributed by atoms with E-state index in [2.05, 4.69) is 26.0 Å². The van der Waals surface area contributed by atoms with Crippen LogP contribution in [0.5, 0.6) is 0 Å². The monoisotopic (exact) mass is 434 g/mol. The second-order valence-electron chi connectivity index (χ2n) is 9.53. The van der Waals surface area contributed by atoms with Gasteiger partial charge in [0.25, 0.3) is 0 Å². The van der Waals surface area contributed by atoms with Gasteiger partial charge in [0, 0.05) is 0 Å². The second kappa shape index (κ2) is 29.3. The van der Waals surface area contributed by atoms with E-state index in [1.165, 1.54) is 141 Å². The highest BCUT2D eigenvalue weighted by atomic mass is 16.5. The average molecular weight is 435 g/mol. The van der Waals surface area contributed by atoms with E-state index >= 15 is 0 Å². The topological polar surface area (TPSA) is 9.23 Å². The maximum Gasteiger partial charge on any atom is 0.0861 e. The van der Waals surface area contributed by atoms with Crippen molar-refractivity contribution in [1.29, 1.82) is 0 Å². The normalized spacial score (nSPS) is 11.8. The molecule has 0 amide bonds. The van der Waals surface area contributed by atoms with Crippen LogP contribution in [-0.4, -0.2) is 0 Å². The summed E-state index contributed by atoms with van der Waals surface area (Å²) in [6.07, 6.45) is 41.4. The molecule has 0 aliphatic rings. The van der Waals surface area contributed by atoms with E-state index < -0.39 is 0 Å². The molecule has 0 spiro atoms. The maximum absolute atomic E-state index is 5.47. The van der Waals surface area contributed by atoms with Gasteiger partial charge in [-0.05, 0) is 37.8 Å². The van der Waals surface area contributed by atoms with Gasteiger partial charge in [-0.2, -0.15) is 0 Å². The molecule has 0 aliphatic heterocycles. The molecule has 0 bridgehead atoms. The first kappa shape index (κ1) is 30.3. The van der Waals surface area contributed by atoms with E-state index in [9.17, 15) is 0 Å². The van der Waals surface area contributed by atoms with Gasteiger partial charge in [-0.1, -0.05) is 142 Å². The zero-order chi connectivity index (χ0) is 22.5. The first-order valence-electron chi connectivity index (χ1n) is 14.4. The number of unbranched alkanes of at least 4 members (excludes halogenated alkanes) is 22. The van der Waals surface area contributed by atoms with Gasteiger partial charge in [0.05, 0.1) is 12.5 Å². The van der Waals surface area contributed by atoms with Crippen LogP contribution >= 0.6 is 0 Å². The number of allylic oxidation sites excluding steroid dienone is 2. The van der Waals surface area contributed by atoms with Crippen molar-refractivity contribution in [2.24, 2.45) is 0 Å². The van der Waals surface area contributed by atoms with Gasteiger partial charge in [-0.3, -0.25) is 0 Å². The summed E-state index contributed by atoms with van der Waals surface area (Å²) < 4.78 is 5.47. The van der Waals surface area contributed by atoms with Crippen LogP contribution in [0.2, 0.25) is 0 Å². The summed E-state index contributed by atoms with van der Waals surface area (Å²) >= 11 is 0. The van der Waals surface area contributed by atoms with E-state index in [4.69, 9.17) is 4.74 Å². The van der Waals surface area contributed by atoms with Crippen molar-refractivity contribution < 1.29 is 4.74 Å². The van der Waals surface area contributed by atoms with Crippen molar-refractivity contribution in [3.8, 4) is 0 Å². The minimum Gasteiger partial charge on any atom is -0.473 e. The zero-order valence-corrected chi connectivity index (χ0v) is 21.7. The maximum atomic E-state index is 5.47. The molecule has 0 radical (unpaired) electrons. The lowest BCUT2D eigenvalue weighted by Crippen LogP contribution is -1.82. The predicted molar refractivity (Wildman–Crippen MR) is 142 cm³/mol. The quantitative estimate of drug-likeness (QED) is 0.0971. The van der Waals surface area contributed by atoms with E-state index in [1.54, 1.807) is 0 Å². The number of hydrogen-bond donors (Lipinski definition) is 0. The summed E-state index contributed by atoms with van der Waals surface area (Å²) in [6, 6.07) is 0. The smallest absolute Gasteiger partial charge is 0.0861 e. The molecule has 0 rings (SSSR count). The molecule has 0 heterocycles. The molecule has 184 valence electrons. The lowest BCUT2D eigenvalue weighted by molar-refractivity contribution is 0.397. The molecule has 0 atom stereocenters. The fraction of sp³-hybridized carbons (Fsp3) is 0.867. The summed E-state index contributed by atoms with van der Waals surface area (Å²) in [6.45, 7) is 4.58. The first-order valence-corrected chi connectivity index (χ1v) is 14.4. The molecule has 0 aromatic carbocycles. The SMILES string of the molecule is CCCCCCCCCCCCCC=COC=CCCCCCCCCCCCCC. The average Bonchev–Trinajstić information content (AvgIpc) is 2.78. The number of rotatable bonds is 26. The van der Waals surface area contributed by atoms with Gasteiger partial charge < -0.3 is 4.74 Å². The van der Waals surface area contributed by atoms with Gasteiger partial charge in [0.1, 0.15) is 0 Å². The minimum absolute atomic E-state index is 1.16. The van der Waals surface area contributed by atoms with Crippen molar-refractivity contribution in [3.63, 3.8) is 0 Å². The third-order valence-electron chi connectivity index (χ3n) is 6.30. The summed E-state index contributed by atoms with van der Waals surface area (Å²) in [5.74, 6) is 0. The molecule has 0 aromatic heterocycles. The van der Waals surface area contributed by atoms with E-state index in [1.807, 2.05) is 12.5 Å². The van der Waals surface area contributed by atoms with Crippen molar-refractivity contribution >= 4 is 0 Å².